The largest absolute Gasteiger partial charge is 0.493 e. The number of hydrogen-bond donors (Lipinski definition) is 2. The molecule has 2 heterocycles. The molecular weight excluding hydrogens is 356 g/mol. The van der Waals surface area contributed by atoms with Crippen molar-refractivity contribution in [2.45, 2.75) is 0 Å². The zero-order valence-corrected chi connectivity index (χ0v) is 15.8. The summed E-state index contributed by atoms with van der Waals surface area (Å²) in [5.41, 5.74) is 3.99. The number of methoxy groups -OCH3 is 3. The third-order valence-corrected chi connectivity index (χ3v) is 4.74. The van der Waals surface area contributed by atoms with Gasteiger partial charge >= 0.3 is 0 Å². The highest BCUT2D eigenvalue weighted by Crippen LogP contribution is 2.38. The van der Waals surface area contributed by atoms with E-state index in [1.54, 1.807) is 12.1 Å². The van der Waals surface area contributed by atoms with Crippen molar-refractivity contribution >= 4 is 16.7 Å². The lowest BCUT2D eigenvalue weighted by molar-refractivity contribution is 0.103. The first kappa shape index (κ1) is 17.7. The number of rotatable bonds is 6. The predicted octanol–water partition coefficient (Wildman–Crippen LogP) is 4.42. The van der Waals surface area contributed by atoms with Crippen LogP contribution in [0.15, 0.2) is 54.9 Å². The van der Waals surface area contributed by atoms with Gasteiger partial charge in [0.05, 0.1) is 27.0 Å². The number of fused-ring (bicyclic) bond motifs is 1. The second-order valence-corrected chi connectivity index (χ2v) is 6.32. The van der Waals surface area contributed by atoms with E-state index in [0.29, 0.717) is 28.5 Å². The summed E-state index contributed by atoms with van der Waals surface area (Å²) in [6.45, 7) is 0. The molecule has 0 fully saturated rings. The van der Waals surface area contributed by atoms with Gasteiger partial charge in [-0.15, -0.1) is 0 Å². The molecule has 0 aliphatic carbocycles. The Kier molecular flexibility index (Phi) is 4.53. The van der Waals surface area contributed by atoms with Crippen molar-refractivity contribution in [2.24, 2.45) is 0 Å². The molecule has 0 unspecified atom stereocenters. The molecule has 6 heteroatoms. The van der Waals surface area contributed by atoms with E-state index in [9.17, 15) is 4.79 Å². The lowest BCUT2D eigenvalue weighted by atomic mass is 10.0. The Balaban J connectivity index is 1.69. The van der Waals surface area contributed by atoms with Gasteiger partial charge in [0, 0.05) is 23.5 Å². The summed E-state index contributed by atoms with van der Waals surface area (Å²) in [5.74, 6) is 1.17. The molecule has 0 atom stereocenters. The van der Waals surface area contributed by atoms with Crippen LogP contribution in [-0.4, -0.2) is 37.1 Å². The van der Waals surface area contributed by atoms with Crippen LogP contribution in [0.1, 0.15) is 16.1 Å². The zero-order valence-electron chi connectivity index (χ0n) is 15.8. The normalized spacial score (nSPS) is 10.8. The van der Waals surface area contributed by atoms with Gasteiger partial charge in [-0.1, -0.05) is 6.07 Å². The van der Waals surface area contributed by atoms with Gasteiger partial charge in [0.15, 0.2) is 11.5 Å². The fourth-order valence-corrected chi connectivity index (χ4v) is 3.29. The Hall–Kier alpha value is -3.67. The summed E-state index contributed by atoms with van der Waals surface area (Å²) in [6.07, 6.45) is 3.74. The number of ketones is 1. The molecule has 28 heavy (non-hydrogen) atoms. The first-order valence-corrected chi connectivity index (χ1v) is 8.75. The molecule has 0 aliphatic heterocycles. The van der Waals surface area contributed by atoms with Gasteiger partial charge in [-0.3, -0.25) is 4.79 Å². The number of H-pyrrole nitrogens is 2. The SMILES string of the molecule is COc1cc(C(=O)c2cc(-c3ccc4[nH]ccc4c3)c[nH]2)cc(OC)c1OC. The average Bonchev–Trinajstić information content (AvgIpc) is 3.40. The van der Waals surface area contributed by atoms with Crippen molar-refractivity contribution < 1.29 is 19.0 Å². The molecule has 0 bridgehead atoms. The van der Waals surface area contributed by atoms with Gasteiger partial charge in [0.1, 0.15) is 0 Å². The van der Waals surface area contributed by atoms with Crippen molar-refractivity contribution in [1.82, 2.24) is 9.97 Å². The minimum atomic E-state index is -0.159. The molecule has 0 radical (unpaired) electrons. The molecule has 4 rings (SSSR count). The molecule has 4 aromatic rings. The van der Waals surface area contributed by atoms with Crippen LogP contribution in [0, 0.1) is 0 Å². The Labute approximate surface area is 162 Å². The maximum absolute atomic E-state index is 13.0. The van der Waals surface area contributed by atoms with Crippen molar-refractivity contribution in [3.8, 4) is 28.4 Å². The Morgan fingerprint density at radius 2 is 1.57 bits per heavy atom. The molecule has 2 aromatic heterocycles. The van der Waals surface area contributed by atoms with Gasteiger partial charge < -0.3 is 24.2 Å². The minimum Gasteiger partial charge on any atom is -0.493 e. The van der Waals surface area contributed by atoms with Crippen molar-refractivity contribution in [3.05, 3.63) is 66.1 Å². The summed E-state index contributed by atoms with van der Waals surface area (Å²) >= 11 is 0. The Bertz CT molecular complexity index is 1130. The number of aromatic nitrogens is 2. The van der Waals surface area contributed by atoms with E-state index in [2.05, 4.69) is 16.0 Å². The third kappa shape index (κ3) is 2.99. The third-order valence-electron chi connectivity index (χ3n) is 4.74. The number of aromatic amines is 2. The molecule has 142 valence electrons. The average molecular weight is 376 g/mol. The summed E-state index contributed by atoms with van der Waals surface area (Å²) in [5, 5.41) is 1.12. The summed E-state index contributed by atoms with van der Waals surface area (Å²) in [7, 11) is 4.57. The lowest BCUT2D eigenvalue weighted by Gasteiger charge is -2.13. The number of carbonyl (C=O) groups excluding carboxylic acids is 1. The standard InChI is InChI=1S/C22H20N2O4/c1-26-19-10-15(11-20(27-2)22(19)28-3)21(25)18-9-16(12-24-18)13-4-5-17-14(8-13)6-7-23-17/h4-12,23-24H,1-3H3. The molecular formula is C22H20N2O4. The van der Waals surface area contributed by atoms with Gasteiger partial charge in [-0.05, 0) is 52.9 Å². The number of nitrogens with one attached hydrogen (secondary N) is 2. The quantitative estimate of drug-likeness (QED) is 0.489. The van der Waals surface area contributed by atoms with Crippen molar-refractivity contribution in [2.75, 3.05) is 21.3 Å². The molecule has 0 spiro atoms. The van der Waals surface area contributed by atoms with E-state index >= 15 is 0 Å². The van der Waals surface area contributed by atoms with Gasteiger partial charge in [-0.25, -0.2) is 0 Å². The molecule has 0 aliphatic rings. The van der Waals surface area contributed by atoms with E-state index in [4.69, 9.17) is 14.2 Å². The molecule has 2 aromatic carbocycles. The van der Waals surface area contributed by atoms with E-state index in [1.165, 1.54) is 21.3 Å². The highest BCUT2D eigenvalue weighted by Gasteiger charge is 2.19. The van der Waals surface area contributed by atoms with Crippen LogP contribution in [0.5, 0.6) is 17.2 Å². The van der Waals surface area contributed by atoms with Gasteiger partial charge in [0.25, 0.3) is 0 Å². The monoisotopic (exact) mass is 376 g/mol. The number of hydrogen-bond acceptors (Lipinski definition) is 4. The Morgan fingerprint density at radius 3 is 2.25 bits per heavy atom. The topological polar surface area (TPSA) is 76.3 Å². The maximum atomic E-state index is 13.0. The predicted molar refractivity (Wildman–Crippen MR) is 108 cm³/mol. The van der Waals surface area contributed by atoms with Crippen LogP contribution in [0.3, 0.4) is 0 Å². The Morgan fingerprint density at radius 1 is 0.821 bits per heavy atom. The minimum absolute atomic E-state index is 0.159. The van der Waals surface area contributed by atoms with Crippen molar-refractivity contribution in [3.63, 3.8) is 0 Å². The number of benzene rings is 2. The molecule has 0 saturated heterocycles. The zero-order chi connectivity index (χ0) is 19.7. The number of ether oxygens (including phenoxy) is 3. The second kappa shape index (κ2) is 7.15. The van der Waals surface area contributed by atoms with Crippen LogP contribution in [0.25, 0.3) is 22.0 Å². The van der Waals surface area contributed by atoms with Crippen LogP contribution in [0.2, 0.25) is 0 Å². The van der Waals surface area contributed by atoms with E-state index in [1.807, 2.05) is 36.7 Å². The highest BCUT2D eigenvalue weighted by molar-refractivity contribution is 6.09. The summed E-state index contributed by atoms with van der Waals surface area (Å²) in [4.78, 5) is 19.3. The van der Waals surface area contributed by atoms with E-state index in [0.717, 1.165) is 22.0 Å². The fraction of sp³-hybridized carbons (Fsp3) is 0.136. The van der Waals surface area contributed by atoms with Crippen LogP contribution in [0.4, 0.5) is 0 Å². The smallest absolute Gasteiger partial charge is 0.209 e. The second-order valence-electron chi connectivity index (χ2n) is 6.32. The van der Waals surface area contributed by atoms with E-state index < -0.39 is 0 Å². The van der Waals surface area contributed by atoms with Crippen molar-refractivity contribution in [1.29, 1.82) is 0 Å². The van der Waals surface area contributed by atoms with E-state index in [-0.39, 0.29) is 5.78 Å². The molecule has 6 nitrogen and oxygen atoms in total. The molecule has 0 saturated carbocycles. The molecule has 2 N–H and O–H groups in total. The van der Waals surface area contributed by atoms with Gasteiger partial charge in [0.2, 0.25) is 11.5 Å². The maximum Gasteiger partial charge on any atom is 0.209 e. The first-order valence-electron chi connectivity index (χ1n) is 8.75. The van der Waals surface area contributed by atoms with Crippen LogP contribution >= 0.6 is 0 Å². The van der Waals surface area contributed by atoms with Crippen LogP contribution in [-0.2, 0) is 0 Å². The fourth-order valence-electron chi connectivity index (χ4n) is 3.29. The van der Waals surface area contributed by atoms with Gasteiger partial charge in [-0.2, -0.15) is 0 Å². The van der Waals surface area contributed by atoms with Crippen LogP contribution < -0.4 is 14.2 Å². The summed E-state index contributed by atoms with van der Waals surface area (Å²) in [6, 6.07) is 13.3. The molecule has 0 amide bonds. The number of carbonyl (C=O) groups is 1. The summed E-state index contributed by atoms with van der Waals surface area (Å²) < 4.78 is 16.0. The lowest BCUT2D eigenvalue weighted by Crippen LogP contribution is -2.04. The highest BCUT2D eigenvalue weighted by atomic mass is 16.5. The first-order chi connectivity index (χ1) is 13.6.